The number of hydrogen-bond donors (Lipinski definition) is 3. The highest BCUT2D eigenvalue weighted by Crippen LogP contribution is 2.19. The number of benzene rings is 2. The van der Waals surface area contributed by atoms with E-state index in [0.29, 0.717) is 11.3 Å². The van der Waals surface area contributed by atoms with Gasteiger partial charge in [0.1, 0.15) is 0 Å². The number of carbonyl (C=O) groups excluding carboxylic acids is 2. The Hall–Kier alpha value is -3.41. The first kappa shape index (κ1) is 17.9. The van der Waals surface area contributed by atoms with Crippen LogP contribution in [-0.2, 0) is 9.59 Å². The van der Waals surface area contributed by atoms with Crippen molar-refractivity contribution in [2.24, 2.45) is 0 Å². The zero-order valence-electron chi connectivity index (χ0n) is 13.9. The zero-order valence-corrected chi connectivity index (χ0v) is 13.9. The quantitative estimate of drug-likeness (QED) is 0.730. The maximum absolute atomic E-state index is 12.4. The lowest BCUT2D eigenvalue weighted by atomic mass is 10.1. The van der Waals surface area contributed by atoms with Gasteiger partial charge in [0.15, 0.2) is 0 Å². The molecule has 0 fully saturated rings. The summed E-state index contributed by atoms with van der Waals surface area (Å²) >= 11 is 0. The van der Waals surface area contributed by atoms with Crippen LogP contribution in [0.3, 0.4) is 0 Å². The Morgan fingerprint density at radius 2 is 1.68 bits per heavy atom. The lowest BCUT2D eigenvalue weighted by Gasteiger charge is -2.11. The summed E-state index contributed by atoms with van der Waals surface area (Å²) in [5.74, 6) is -2.10. The molecule has 2 aromatic rings. The Morgan fingerprint density at radius 3 is 2.40 bits per heavy atom. The third-order valence-electron chi connectivity index (χ3n) is 3.62. The highest BCUT2D eigenvalue weighted by molar-refractivity contribution is 6.06. The van der Waals surface area contributed by atoms with Gasteiger partial charge >= 0.3 is 5.97 Å². The molecule has 0 aliphatic rings. The van der Waals surface area contributed by atoms with Gasteiger partial charge in [-0.15, -0.1) is 0 Å². The van der Waals surface area contributed by atoms with Gasteiger partial charge in [-0.3, -0.25) is 9.59 Å². The van der Waals surface area contributed by atoms with Crippen molar-refractivity contribution in [1.82, 2.24) is 0 Å². The molecule has 6 heteroatoms. The van der Waals surface area contributed by atoms with Gasteiger partial charge in [-0.1, -0.05) is 18.2 Å². The normalized spacial score (nSPS) is 10.5. The molecule has 0 atom stereocenters. The first-order valence-corrected chi connectivity index (χ1v) is 7.56. The highest BCUT2D eigenvalue weighted by atomic mass is 16.4. The molecule has 0 unspecified atom stereocenters. The van der Waals surface area contributed by atoms with Crippen molar-refractivity contribution < 1.29 is 19.5 Å². The third-order valence-corrected chi connectivity index (χ3v) is 3.62. The van der Waals surface area contributed by atoms with E-state index in [1.807, 2.05) is 32.0 Å². The average molecular weight is 338 g/mol. The van der Waals surface area contributed by atoms with Crippen molar-refractivity contribution >= 4 is 29.2 Å². The van der Waals surface area contributed by atoms with E-state index >= 15 is 0 Å². The summed E-state index contributed by atoms with van der Waals surface area (Å²) in [5.41, 5.74) is 3.56. The van der Waals surface area contributed by atoms with Crippen LogP contribution in [0.1, 0.15) is 21.5 Å². The maximum atomic E-state index is 12.4. The van der Waals surface area contributed by atoms with Crippen molar-refractivity contribution in [2.75, 3.05) is 10.6 Å². The van der Waals surface area contributed by atoms with Crippen LogP contribution in [0.2, 0.25) is 0 Å². The van der Waals surface area contributed by atoms with E-state index in [1.54, 1.807) is 18.2 Å². The fraction of sp³-hybridized carbons (Fsp3) is 0.105. The predicted molar refractivity (Wildman–Crippen MR) is 95.7 cm³/mol. The molecule has 2 amide bonds. The van der Waals surface area contributed by atoms with E-state index in [2.05, 4.69) is 10.6 Å². The topological polar surface area (TPSA) is 95.5 Å². The summed E-state index contributed by atoms with van der Waals surface area (Å²) in [5, 5.41) is 13.9. The predicted octanol–water partition coefficient (Wildman–Crippen LogP) is 3.14. The minimum absolute atomic E-state index is 0.300. The van der Waals surface area contributed by atoms with Crippen LogP contribution in [0.25, 0.3) is 0 Å². The molecule has 0 aliphatic carbocycles. The van der Waals surface area contributed by atoms with E-state index in [1.165, 1.54) is 6.07 Å². The third kappa shape index (κ3) is 5.04. The molecule has 2 aromatic carbocycles. The molecule has 0 radical (unpaired) electrons. The molecule has 0 aromatic heterocycles. The summed E-state index contributed by atoms with van der Waals surface area (Å²) in [6, 6.07) is 12.0. The smallest absolute Gasteiger partial charge is 0.328 e. The molecule has 0 aliphatic heterocycles. The van der Waals surface area contributed by atoms with Crippen LogP contribution in [0, 0.1) is 13.8 Å². The van der Waals surface area contributed by atoms with Crippen molar-refractivity contribution in [3.05, 3.63) is 71.3 Å². The van der Waals surface area contributed by atoms with Gasteiger partial charge in [-0.2, -0.15) is 0 Å². The lowest BCUT2D eigenvalue weighted by molar-refractivity contribution is -0.131. The van der Waals surface area contributed by atoms with Gasteiger partial charge in [-0.05, 0) is 49.2 Å². The molecule has 0 saturated heterocycles. The second-order valence-corrected chi connectivity index (χ2v) is 5.44. The summed E-state index contributed by atoms with van der Waals surface area (Å²) in [6.07, 6.45) is 1.65. The minimum Gasteiger partial charge on any atom is -0.478 e. The molecule has 0 spiro atoms. The highest BCUT2D eigenvalue weighted by Gasteiger charge is 2.10. The fourth-order valence-electron chi connectivity index (χ4n) is 2.15. The van der Waals surface area contributed by atoms with Crippen LogP contribution in [-0.4, -0.2) is 22.9 Å². The molecule has 0 bridgehead atoms. The summed E-state index contributed by atoms with van der Waals surface area (Å²) < 4.78 is 0. The molecular formula is C19H18N2O4. The van der Waals surface area contributed by atoms with Crippen LogP contribution < -0.4 is 10.6 Å². The molecule has 3 N–H and O–H groups in total. The number of aliphatic carboxylic acids is 1. The minimum atomic E-state index is -1.21. The van der Waals surface area contributed by atoms with Crippen molar-refractivity contribution in [1.29, 1.82) is 0 Å². The van der Waals surface area contributed by atoms with Crippen LogP contribution in [0.5, 0.6) is 0 Å². The van der Waals surface area contributed by atoms with E-state index in [4.69, 9.17) is 5.11 Å². The average Bonchev–Trinajstić information content (AvgIpc) is 2.57. The molecule has 0 heterocycles. The van der Waals surface area contributed by atoms with E-state index in [-0.39, 0.29) is 5.91 Å². The number of amides is 2. The van der Waals surface area contributed by atoms with Crippen molar-refractivity contribution in [3.8, 4) is 0 Å². The maximum Gasteiger partial charge on any atom is 0.328 e. The Labute approximate surface area is 145 Å². The molecule has 25 heavy (non-hydrogen) atoms. The monoisotopic (exact) mass is 338 g/mol. The number of hydrogen-bond acceptors (Lipinski definition) is 3. The molecule has 128 valence electrons. The van der Waals surface area contributed by atoms with Crippen LogP contribution >= 0.6 is 0 Å². The first-order valence-electron chi connectivity index (χ1n) is 7.56. The van der Waals surface area contributed by atoms with Crippen LogP contribution in [0.4, 0.5) is 11.4 Å². The van der Waals surface area contributed by atoms with Gasteiger partial charge < -0.3 is 15.7 Å². The molecule has 2 rings (SSSR count). The summed E-state index contributed by atoms with van der Waals surface area (Å²) in [4.78, 5) is 34.4. The number of aryl methyl sites for hydroxylation is 1. The Morgan fingerprint density at radius 1 is 0.960 bits per heavy atom. The van der Waals surface area contributed by atoms with Gasteiger partial charge in [0, 0.05) is 29.1 Å². The number of carboxylic acid groups (broad SMARTS) is 1. The zero-order chi connectivity index (χ0) is 18.4. The second-order valence-electron chi connectivity index (χ2n) is 5.44. The van der Waals surface area contributed by atoms with E-state index < -0.39 is 11.9 Å². The first-order chi connectivity index (χ1) is 11.9. The SMILES string of the molecule is Cc1cccc(NC(=O)c2cccc(NC(=O)/C=C\C(=O)O)c2)c1C. The van der Waals surface area contributed by atoms with Gasteiger partial charge in [0.05, 0.1) is 0 Å². The molecule has 0 saturated carbocycles. The second kappa shape index (κ2) is 7.92. The Kier molecular flexibility index (Phi) is 5.68. The van der Waals surface area contributed by atoms with E-state index in [9.17, 15) is 14.4 Å². The summed E-state index contributed by atoms with van der Waals surface area (Å²) in [6.45, 7) is 3.89. The van der Waals surface area contributed by atoms with Gasteiger partial charge in [-0.25, -0.2) is 4.79 Å². The Bertz CT molecular complexity index is 856. The largest absolute Gasteiger partial charge is 0.478 e. The molecule has 6 nitrogen and oxygen atoms in total. The van der Waals surface area contributed by atoms with E-state index in [0.717, 1.165) is 29.0 Å². The summed E-state index contributed by atoms with van der Waals surface area (Å²) in [7, 11) is 0. The van der Waals surface area contributed by atoms with Gasteiger partial charge in [0.2, 0.25) is 5.91 Å². The number of rotatable bonds is 5. The lowest BCUT2D eigenvalue weighted by Crippen LogP contribution is -2.14. The Balaban J connectivity index is 2.12. The number of carbonyl (C=O) groups is 3. The fourth-order valence-corrected chi connectivity index (χ4v) is 2.15. The number of carboxylic acids is 1. The molecular weight excluding hydrogens is 320 g/mol. The van der Waals surface area contributed by atoms with Gasteiger partial charge in [0.25, 0.3) is 5.91 Å². The van der Waals surface area contributed by atoms with Crippen LogP contribution in [0.15, 0.2) is 54.6 Å². The number of anilines is 2. The van der Waals surface area contributed by atoms with Crippen molar-refractivity contribution in [2.45, 2.75) is 13.8 Å². The number of nitrogens with one attached hydrogen (secondary N) is 2. The van der Waals surface area contributed by atoms with Crippen molar-refractivity contribution in [3.63, 3.8) is 0 Å². The standard InChI is InChI=1S/C19H18N2O4/c1-12-5-3-8-16(13(12)2)21-19(25)14-6-4-7-15(11-14)20-17(22)9-10-18(23)24/h3-11H,1-2H3,(H,20,22)(H,21,25)(H,23,24)/b10-9-.